The molecule has 1 saturated heterocycles. The molecule has 1 atom stereocenters. The van der Waals surface area contributed by atoms with Gasteiger partial charge in [0.25, 0.3) is 0 Å². The molecule has 2 heterocycles. The molecule has 0 aliphatic carbocycles. The molecule has 2 rings (SSSR count). The molecule has 0 saturated carbocycles. The first-order valence-electron chi connectivity index (χ1n) is 4.09. The maximum absolute atomic E-state index is 10.9. The molecular weight excluding hydrogens is 184 g/mol. The third-order valence-electron chi connectivity index (χ3n) is 1.98. The van der Waals surface area contributed by atoms with E-state index in [1.807, 2.05) is 0 Å². The van der Waals surface area contributed by atoms with Crippen molar-refractivity contribution < 1.29 is 9.63 Å². The van der Waals surface area contributed by atoms with Crippen LogP contribution in [0.3, 0.4) is 0 Å². The summed E-state index contributed by atoms with van der Waals surface area (Å²) in [5, 5.41) is 2.58. The number of hydrogen-bond acceptors (Lipinski definition) is 5. The Kier molecular flexibility index (Phi) is 1.78. The highest BCUT2D eigenvalue weighted by Gasteiger charge is 2.37. The van der Waals surface area contributed by atoms with Gasteiger partial charge < -0.3 is 10.6 Å². The summed E-state index contributed by atoms with van der Waals surface area (Å²) in [7, 11) is 0. The number of amides is 1. The quantitative estimate of drug-likeness (QED) is 0.589. The Bertz CT molecular complexity index is 381. The average molecular weight is 194 g/mol. The molecule has 1 fully saturated rings. The van der Waals surface area contributed by atoms with E-state index < -0.39 is 11.8 Å². The number of nitrogens with zero attached hydrogens (tertiary/aromatic N) is 1. The first kappa shape index (κ1) is 8.76. The van der Waals surface area contributed by atoms with Gasteiger partial charge in [-0.1, -0.05) is 6.07 Å². The third-order valence-corrected chi connectivity index (χ3v) is 1.98. The second-order valence-electron chi connectivity index (χ2n) is 3.19. The number of hydroxylamine groups is 1. The van der Waals surface area contributed by atoms with Crippen LogP contribution in [0.5, 0.6) is 0 Å². The van der Waals surface area contributed by atoms with Gasteiger partial charge in [-0.25, -0.2) is 9.78 Å². The van der Waals surface area contributed by atoms with E-state index in [1.165, 1.54) is 0 Å². The lowest BCUT2D eigenvalue weighted by Gasteiger charge is -2.20. The number of aromatic nitrogens is 1. The smallest absolute Gasteiger partial charge is 0.384 e. The molecule has 0 bridgehead atoms. The molecule has 0 aromatic carbocycles. The number of pyridine rings is 1. The summed E-state index contributed by atoms with van der Waals surface area (Å²) in [6.07, 6.45) is -0.531. The topological polar surface area (TPSA) is 89.3 Å². The van der Waals surface area contributed by atoms with Gasteiger partial charge in [0.1, 0.15) is 5.82 Å². The summed E-state index contributed by atoms with van der Waals surface area (Å²) in [6.45, 7) is 1.74. The lowest BCUT2D eigenvalue weighted by atomic mass is 10.1. The van der Waals surface area contributed by atoms with E-state index in [0.717, 1.165) is 0 Å². The van der Waals surface area contributed by atoms with Crippen LogP contribution in [-0.2, 0) is 10.5 Å². The van der Waals surface area contributed by atoms with Gasteiger partial charge in [0.2, 0.25) is 0 Å². The first-order valence-corrected chi connectivity index (χ1v) is 4.09. The van der Waals surface area contributed by atoms with E-state index in [9.17, 15) is 4.79 Å². The summed E-state index contributed by atoms with van der Waals surface area (Å²) < 4.78 is 0. The largest absolute Gasteiger partial charge is 0.428 e. The zero-order valence-electron chi connectivity index (χ0n) is 7.57. The Morgan fingerprint density at radius 2 is 2.36 bits per heavy atom. The van der Waals surface area contributed by atoms with Crippen molar-refractivity contribution in [3.8, 4) is 0 Å². The standard InChI is InChI=1S/C8H10N4O2/c1-8(11-7(13)14-12-8)5-3-2-4-6(9)10-5/h2-4,12H,1H3,(H2,9,10)(H,11,13). The van der Waals surface area contributed by atoms with Gasteiger partial charge in [0.05, 0.1) is 5.69 Å². The number of hydrogen-bond donors (Lipinski definition) is 3. The summed E-state index contributed by atoms with van der Waals surface area (Å²) in [6, 6.07) is 5.18. The fourth-order valence-corrected chi connectivity index (χ4v) is 1.25. The van der Waals surface area contributed by atoms with Crippen molar-refractivity contribution in [1.82, 2.24) is 15.8 Å². The number of nitrogens with two attached hydrogens (primary N) is 1. The summed E-state index contributed by atoms with van der Waals surface area (Å²) >= 11 is 0. The summed E-state index contributed by atoms with van der Waals surface area (Å²) in [5.41, 5.74) is 7.86. The maximum Gasteiger partial charge on any atom is 0.428 e. The van der Waals surface area contributed by atoms with Crippen LogP contribution < -0.4 is 16.5 Å². The van der Waals surface area contributed by atoms with Crippen LogP contribution >= 0.6 is 0 Å². The molecule has 1 amide bonds. The fourth-order valence-electron chi connectivity index (χ4n) is 1.25. The van der Waals surface area contributed by atoms with Crippen molar-refractivity contribution in [1.29, 1.82) is 0 Å². The minimum atomic E-state index is -0.813. The fraction of sp³-hybridized carbons (Fsp3) is 0.250. The lowest BCUT2D eigenvalue weighted by Crippen LogP contribution is -2.43. The maximum atomic E-state index is 10.9. The zero-order valence-corrected chi connectivity index (χ0v) is 7.57. The Labute approximate surface area is 80.4 Å². The molecule has 1 aliphatic heterocycles. The summed E-state index contributed by atoms with van der Waals surface area (Å²) in [5.74, 6) is 0.395. The normalized spacial score (nSPS) is 25.6. The van der Waals surface area contributed by atoms with Gasteiger partial charge in [-0.2, -0.15) is 0 Å². The molecule has 4 N–H and O–H groups in total. The van der Waals surface area contributed by atoms with Crippen molar-refractivity contribution in [2.75, 3.05) is 5.73 Å². The van der Waals surface area contributed by atoms with Crippen LogP contribution in [0.4, 0.5) is 10.6 Å². The van der Waals surface area contributed by atoms with Gasteiger partial charge in [-0.3, -0.25) is 5.32 Å². The molecule has 6 nitrogen and oxygen atoms in total. The molecule has 1 aromatic heterocycles. The van der Waals surface area contributed by atoms with E-state index in [2.05, 4.69) is 20.6 Å². The van der Waals surface area contributed by atoms with Gasteiger partial charge in [-0.15, -0.1) is 5.48 Å². The SMILES string of the molecule is CC1(c2cccc(N)n2)NOC(=O)N1. The predicted octanol–water partition coefficient (Wildman–Crippen LogP) is 0.0809. The van der Waals surface area contributed by atoms with Gasteiger partial charge in [-0.05, 0) is 19.1 Å². The number of carbonyl (C=O) groups is 1. The molecule has 1 aromatic rings. The van der Waals surface area contributed by atoms with Crippen molar-refractivity contribution in [3.63, 3.8) is 0 Å². The second-order valence-corrected chi connectivity index (χ2v) is 3.19. The molecule has 74 valence electrons. The van der Waals surface area contributed by atoms with E-state index >= 15 is 0 Å². The van der Waals surface area contributed by atoms with Crippen molar-refractivity contribution in [2.45, 2.75) is 12.6 Å². The number of anilines is 1. The monoisotopic (exact) mass is 194 g/mol. The van der Waals surface area contributed by atoms with Crippen LogP contribution in [-0.4, -0.2) is 11.1 Å². The first-order chi connectivity index (χ1) is 6.60. The highest BCUT2D eigenvalue weighted by Crippen LogP contribution is 2.19. The minimum absolute atomic E-state index is 0.395. The molecule has 6 heteroatoms. The highest BCUT2D eigenvalue weighted by atomic mass is 16.7. The molecule has 14 heavy (non-hydrogen) atoms. The van der Waals surface area contributed by atoms with Crippen molar-refractivity contribution in [2.24, 2.45) is 0 Å². The molecule has 0 radical (unpaired) electrons. The number of carbonyl (C=O) groups excluding carboxylic acids is 1. The van der Waals surface area contributed by atoms with Gasteiger partial charge in [0, 0.05) is 0 Å². The van der Waals surface area contributed by atoms with E-state index in [0.29, 0.717) is 11.5 Å². The van der Waals surface area contributed by atoms with Crippen LogP contribution in [0.2, 0.25) is 0 Å². The van der Waals surface area contributed by atoms with E-state index in [4.69, 9.17) is 5.73 Å². The van der Waals surface area contributed by atoms with Crippen molar-refractivity contribution >= 4 is 11.9 Å². The molecular formula is C8H10N4O2. The predicted molar refractivity (Wildman–Crippen MR) is 48.8 cm³/mol. The van der Waals surface area contributed by atoms with E-state index in [1.54, 1.807) is 25.1 Å². The second kappa shape index (κ2) is 2.85. The minimum Gasteiger partial charge on any atom is -0.384 e. The molecule has 1 aliphatic rings. The van der Waals surface area contributed by atoms with E-state index in [-0.39, 0.29) is 0 Å². The van der Waals surface area contributed by atoms with Gasteiger partial charge >= 0.3 is 6.09 Å². The van der Waals surface area contributed by atoms with Crippen LogP contribution in [0.25, 0.3) is 0 Å². The Morgan fingerprint density at radius 3 is 2.93 bits per heavy atom. The van der Waals surface area contributed by atoms with Crippen LogP contribution in [0, 0.1) is 0 Å². The molecule has 1 unspecified atom stereocenters. The Balaban J connectivity index is 2.34. The Morgan fingerprint density at radius 1 is 1.57 bits per heavy atom. The Hall–Kier alpha value is -1.82. The zero-order chi connectivity index (χ0) is 10.2. The lowest BCUT2D eigenvalue weighted by molar-refractivity contribution is 0.0970. The van der Waals surface area contributed by atoms with Crippen LogP contribution in [0.15, 0.2) is 18.2 Å². The highest BCUT2D eigenvalue weighted by molar-refractivity contribution is 5.70. The average Bonchev–Trinajstić information content (AvgIpc) is 2.48. The third kappa shape index (κ3) is 1.35. The number of rotatable bonds is 1. The molecule has 0 spiro atoms. The number of nitrogens with one attached hydrogen (secondary N) is 2. The van der Waals surface area contributed by atoms with Gasteiger partial charge in [0.15, 0.2) is 5.66 Å². The number of nitrogen functional groups attached to an aromatic ring is 1. The summed E-state index contributed by atoms with van der Waals surface area (Å²) in [4.78, 5) is 19.5. The van der Waals surface area contributed by atoms with Crippen LogP contribution in [0.1, 0.15) is 12.6 Å². The van der Waals surface area contributed by atoms with Crippen molar-refractivity contribution in [3.05, 3.63) is 23.9 Å².